The molecule has 0 fully saturated rings. The van der Waals surface area contributed by atoms with Gasteiger partial charge in [-0.1, -0.05) is 18.2 Å². The summed E-state index contributed by atoms with van der Waals surface area (Å²) in [7, 11) is -3.28. The molecular formula is C13H21ClN2O3S. The average molecular weight is 321 g/mol. The van der Waals surface area contributed by atoms with Gasteiger partial charge in [0.05, 0.1) is 16.2 Å². The summed E-state index contributed by atoms with van der Waals surface area (Å²) in [5.74, 6) is -0.285. The first-order valence-corrected chi connectivity index (χ1v) is 7.74. The van der Waals surface area contributed by atoms with E-state index in [-0.39, 0.29) is 24.1 Å². The Bertz CT molecular complexity index is 524. The van der Waals surface area contributed by atoms with Gasteiger partial charge in [0.25, 0.3) is 0 Å². The lowest BCUT2D eigenvalue weighted by Crippen LogP contribution is -2.49. The van der Waals surface area contributed by atoms with Crippen molar-refractivity contribution in [3.8, 4) is 0 Å². The molecule has 1 rings (SSSR count). The summed E-state index contributed by atoms with van der Waals surface area (Å²) >= 11 is 0. The highest BCUT2D eigenvalue weighted by atomic mass is 35.5. The van der Waals surface area contributed by atoms with Crippen molar-refractivity contribution in [1.82, 2.24) is 5.32 Å². The third-order valence-corrected chi connectivity index (χ3v) is 4.38. The number of carbonyl (C=O) groups is 1. The van der Waals surface area contributed by atoms with Crippen LogP contribution >= 0.6 is 12.4 Å². The van der Waals surface area contributed by atoms with Crippen molar-refractivity contribution >= 4 is 28.2 Å². The molecule has 0 saturated heterocycles. The molecule has 1 amide bonds. The average Bonchev–Trinajstić information content (AvgIpc) is 2.34. The van der Waals surface area contributed by atoms with Crippen LogP contribution in [0.4, 0.5) is 0 Å². The Balaban J connectivity index is 0.00000361. The summed E-state index contributed by atoms with van der Waals surface area (Å²) in [4.78, 5) is 11.8. The van der Waals surface area contributed by atoms with Crippen LogP contribution in [-0.2, 0) is 14.6 Å². The number of sulfone groups is 1. The minimum atomic E-state index is -3.28. The number of nitrogens with one attached hydrogen (secondary N) is 1. The first-order chi connectivity index (χ1) is 8.73. The molecule has 0 saturated carbocycles. The van der Waals surface area contributed by atoms with Gasteiger partial charge < -0.3 is 11.1 Å². The van der Waals surface area contributed by atoms with Gasteiger partial charge in [0, 0.05) is 6.54 Å². The zero-order valence-corrected chi connectivity index (χ0v) is 13.3. The Morgan fingerprint density at radius 3 is 2.30 bits per heavy atom. The van der Waals surface area contributed by atoms with Gasteiger partial charge in [-0.15, -0.1) is 12.4 Å². The Morgan fingerprint density at radius 2 is 1.80 bits per heavy atom. The molecule has 114 valence electrons. The standard InChI is InChI=1S/C13H20N2O3S.ClH/c1-13(2,14)12(16)15-9-6-10-19(17,18)11-7-4-3-5-8-11;/h3-5,7-8H,6,9-10,14H2,1-2H3,(H,15,16);1H. The number of halogens is 1. The normalized spacial score (nSPS) is 11.6. The number of hydrogen-bond donors (Lipinski definition) is 2. The highest BCUT2D eigenvalue weighted by Crippen LogP contribution is 2.10. The van der Waals surface area contributed by atoms with Crippen LogP contribution in [0.25, 0.3) is 0 Å². The number of amides is 1. The van der Waals surface area contributed by atoms with Crippen LogP contribution in [-0.4, -0.2) is 32.2 Å². The summed E-state index contributed by atoms with van der Waals surface area (Å²) < 4.78 is 23.9. The number of nitrogens with two attached hydrogens (primary N) is 1. The summed E-state index contributed by atoms with van der Waals surface area (Å²) in [5.41, 5.74) is 4.66. The molecule has 0 aliphatic heterocycles. The van der Waals surface area contributed by atoms with E-state index < -0.39 is 15.4 Å². The molecule has 3 N–H and O–H groups in total. The lowest BCUT2D eigenvalue weighted by atomic mass is 10.1. The number of rotatable bonds is 6. The third kappa shape index (κ3) is 5.90. The van der Waals surface area contributed by atoms with Crippen LogP contribution < -0.4 is 11.1 Å². The molecule has 0 unspecified atom stereocenters. The second-order valence-electron chi connectivity index (χ2n) is 4.96. The molecule has 5 nitrogen and oxygen atoms in total. The van der Waals surface area contributed by atoms with Crippen molar-refractivity contribution in [2.45, 2.75) is 30.7 Å². The maximum absolute atomic E-state index is 11.9. The molecule has 7 heteroatoms. The molecule has 0 aliphatic carbocycles. The van der Waals surface area contributed by atoms with Crippen molar-refractivity contribution in [1.29, 1.82) is 0 Å². The SMILES string of the molecule is CC(C)(N)C(=O)NCCCS(=O)(=O)c1ccccc1.Cl. The third-order valence-electron chi connectivity index (χ3n) is 2.56. The van der Waals surface area contributed by atoms with E-state index in [1.807, 2.05) is 0 Å². The highest BCUT2D eigenvalue weighted by molar-refractivity contribution is 7.91. The summed E-state index contributed by atoms with van der Waals surface area (Å²) in [6.07, 6.45) is 0.360. The lowest BCUT2D eigenvalue weighted by molar-refractivity contribution is -0.125. The maximum Gasteiger partial charge on any atom is 0.239 e. The molecule has 0 radical (unpaired) electrons. The first-order valence-electron chi connectivity index (χ1n) is 6.08. The van der Waals surface area contributed by atoms with E-state index in [4.69, 9.17) is 5.73 Å². The summed E-state index contributed by atoms with van der Waals surface area (Å²) in [5, 5.41) is 2.62. The maximum atomic E-state index is 11.9. The lowest BCUT2D eigenvalue weighted by Gasteiger charge is -2.17. The minimum absolute atomic E-state index is 0. The van der Waals surface area contributed by atoms with E-state index in [1.54, 1.807) is 44.2 Å². The van der Waals surface area contributed by atoms with Gasteiger partial charge in [-0.2, -0.15) is 0 Å². The second kappa shape index (κ2) is 7.61. The Morgan fingerprint density at radius 1 is 1.25 bits per heavy atom. The Hall–Kier alpha value is -1.11. The van der Waals surface area contributed by atoms with E-state index in [1.165, 1.54) is 0 Å². The molecule has 0 bridgehead atoms. The van der Waals surface area contributed by atoms with Crippen LogP contribution in [0.5, 0.6) is 0 Å². The Labute approximate surface area is 126 Å². The van der Waals surface area contributed by atoms with E-state index in [9.17, 15) is 13.2 Å². The number of benzene rings is 1. The van der Waals surface area contributed by atoms with Gasteiger partial charge >= 0.3 is 0 Å². The molecule has 0 aromatic heterocycles. The van der Waals surface area contributed by atoms with Crippen molar-refractivity contribution in [2.75, 3.05) is 12.3 Å². The zero-order chi connectivity index (χ0) is 14.5. The van der Waals surface area contributed by atoms with Crippen molar-refractivity contribution in [3.63, 3.8) is 0 Å². The molecule has 0 aliphatic rings. The molecule has 20 heavy (non-hydrogen) atoms. The fourth-order valence-electron chi connectivity index (χ4n) is 1.44. The van der Waals surface area contributed by atoms with Crippen LogP contribution in [0, 0.1) is 0 Å². The predicted molar refractivity (Wildman–Crippen MR) is 81.6 cm³/mol. The summed E-state index contributed by atoms with van der Waals surface area (Å²) in [6, 6.07) is 8.27. The number of hydrogen-bond acceptors (Lipinski definition) is 4. The molecule has 1 aromatic rings. The van der Waals surface area contributed by atoms with Crippen LogP contribution in [0.1, 0.15) is 20.3 Å². The van der Waals surface area contributed by atoms with E-state index in [0.717, 1.165) is 0 Å². The summed E-state index contributed by atoms with van der Waals surface area (Å²) in [6.45, 7) is 3.50. The topological polar surface area (TPSA) is 89.3 Å². The van der Waals surface area contributed by atoms with Crippen LogP contribution in [0.2, 0.25) is 0 Å². The predicted octanol–water partition coefficient (Wildman–Crippen LogP) is 1.13. The second-order valence-corrected chi connectivity index (χ2v) is 7.07. The largest absolute Gasteiger partial charge is 0.354 e. The van der Waals surface area contributed by atoms with Gasteiger partial charge in [-0.05, 0) is 32.4 Å². The van der Waals surface area contributed by atoms with E-state index in [2.05, 4.69) is 5.32 Å². The van der Waals surface area contributed by atoms with Crippen LogP contribution in [0.15, 0.2) is 35.2 Å². The van der Waals surface area contributed by atoms with Gasteiger partial charge in [0.2, 0.25) is 5.91 Å². The van der Waals surface area contributed by atoms with Gasteiger partial charge in [-0.25, -0.2) is 8.42 Å². The van der Waals surface area contributed by atoms with Crippen molar-refractivity contribution < 1.29 is 13.2 Å². The molecule has 0 spiro atoms. The van der Waals surface area contributed by atoms with Crippen molar-refractivity contribution in [2.24, 2.45) is 5.73 Å². The quantitative estimate of drug-likeness (QED) is 0.769. The van der Waals surface area contributed by atoms with Gasteiger partial charge in [0.15, 0.2) is 9.84 Å². The van der Waals surface area contributed by atoms with Crippen molar-refractivity contribution in [3.05, 3.63) is 30.3 Å². The van der Waals surface area contributed by atoms with Crippen LogP contribution in [0.3, 0.4) is 0 Å². The Kier molecular flexibility index (Phi) is 7.19. The molecule has 0 heterocycles. The fourth-order valence-corrected chi connectivity index (χ4v) is 2.77. The monoisotopic (exact) mass is 320 g/mol. The number of carbonyl (C=O) groups excluding carboxylic acids is 1. The molecular weight excluding hydrogens is 300 g/mol. The fraction of sp³-hybridized carbons (Fsp3) is 0.462. The van der Waals surface area contributed by atoms with E-state index >= 15 is 0 Å². The highest BCUT2D eigenvalue weighted by Gasteiger charge is 2.21. The van der Waals surface area contributed by atoms with Gasteiger partial charge in [0.1, 0.15) is 0 Å². The molecule has 1 aromatic carbocycles. The minimum Gasteiger partial charge on any atom is -0.354 e. The molecule has 0 atom stereocenters. The van der Waals surface area contributed by atoms with E-state index in [0.29, 0.717) is 17.9 Å². The first kappa shape index (κ1) is 18.9. The van der Waals surface area contributed by atoms with Gasteiger partial charge in [-0.3, -0.25) is 4.79 Å². The zero-order valence-electron chi connectivity index (χ0n) is 11.6. The smallest absolute Gasteiger partial charge is 0.239 e.